The number of nitrogens with zero attached hydrogens (tertiary/aromatic N) is 1. The van der Waals surface area contributed by atoms with E-state index in [2.05, 4.69) is 10.6 Å². The van der Waals surface area contributed by atoms with Crippen LogP contribution in [0.15, 0.2) is 48.5 Å². The molecule has 0 radical (unpaired) electrons. The summed E-state index contributed by atoms with van der Waals surface area (Å²) < 4.78 is 58.1. The first kappa shape index (κ1) is 48.8. The highest BCUT2D eigenvalue weighted by Crippen LogP contribution is 2.60. The lowest BCUT2D eigenvalue weighted by Crippen LogP contribution is -2.47. The predicted octanol–water partition coefficient (Wildman–Crippen LogP) is 7.82. The van der Waals surface area contributed by atoms with Crippen molar-refractivity contribution in [1.29, 1.82) is 0 Å². The monoisotopic (exact) mass is 851 g/mol. The Labute approximate surface area is 343 Å². The highest BCUT2D eigenvalue weighted by molar-refractivity contribution is 7.55. The van der Waals surface area contributed by atoms with Crippen LogP contribution in [0, 0.1) is 5.92 Å². The van der Waals surface area contributed by atoms with E-state index in [1.54, 1.807) is 83.1 Å². The lowest BCUT2D eigenvalue weighted by molar-refractivity contribution is -0.144. The van der Waals surface area contributed by atoms with Crippen molar-refractivity contribution < 1.29 is 56.2 Å². The number of benzene rings is 2. The molecule has 0 spiro atoms. The quantitative estimate of drug-likeness (QED) is 0.123. The second kappa shape index (κ2) is 19.2. The summed E-state index contributed by atoms with van der Waals surface area (Å²) in [4.78, 5) is 52.9. The fourth-order valence-corrected chi connectivity index (χ4v) is 12.0. The van der Waals surface area contributed by atoms with Gasteiger partial charge >= 0.3 is 27.3 Å². The number of hydrogen-bond acceptors (Lipinski definition) is 11. The van der Waals surface area contributed by atoms with Crippen LogP contribution in [0.5, 0.6) is 0 Å². The van der Waals surface area contributed by atoms with Crippen LogP contribution in [0.25, 0.3) is 11.1 Å². The Morgan fingerprint density at radius 3 is 1.50 bits per heavy atom. The third-order valence-electron chi connectivity index (χ3n) is 8.00. The van der Waals surface area contributed by atoms with Crippen molar-refractivity contribution >= 4 is 39.1 Å². The largest absolute Gasteiger partial charge is 0.480 e. The zero-order valence-corrected chi connectivity index (χ0v) is 37.8. The number of carboxylic acids is 1. The number of aliphatic carboxylic acids is 1. The van der Waals surface area contributed by atoms with Crippen LogP contribution in [-0.4, -0.2) is 101 Å². The predicted molar refractivity (Wildman–Crippen MR) is 222 cm³/mol. The van der Waals surface area contributed by atoms with Gasteiger partial charge in [-0.1, -0.05) is 48.5 Å². The number of rotatable bonds is 18. The number of carbonyl (C=O) groups is 4. The fraction of sp³-hybridized carbons (Fsp3) is 0.610. The maximum Gasteiger partial charge on any atom is 0.407 e. The van der Waals surface area contributed by atoms with Crippen LogP contribution in [0.2, 0.25) is 0 Å². The second-order valence-electron chi connectivity index (χ2n) is 18.3. The number of carboxylic acid groups (broad SMARTS) is 1. The fourth-order valence-electron chi connectivity index (χ4n) is 6.44. The van der Waals surface area contributed by atoms with Gasteiger partial charge in [-0.25, -0.2) is 4.79 Å². The summed E-state index contributed by atoms with van der Waals surface area (Å²) in [5.74, 6) is -4.51. The number of nitrogens with one attached hydrogen (secondary N) is 2. The SMILES string of the molecule is CC(C)(C)OP(=O)(CC(CP(=O)(OC(C)(C)C)OC(C)(C)C)C(=O)NCC(=O)N(CCNC(=O)OCC1c2ccccc2-c2ccccc21)CC(=O)O)OC(C)(C)C. The molecule has 0 aromatic heterocycles. The molecule has 0 heterocycles. The molecule has 1 aliphatic rings. The van der Waals surface area contributed by atoms with E-state index in [4.69, 9.17) is 22.8 Å². The summed E-state index contributed by atoms with van der Waals surface area (Å²) in [7, 11) is -8.27. The molecule has 15 nitrogen and oxygen atoms in total. The van der Waals surface area contributed by atoms with E-state index in [1.807, 2.05) is 48.5 Å². The molecule has 58 heavy (non-hydrogen) atoms. The number of ether oxygens (including phenoxy) is 1. The van der Waals surface area contributed by atoms with Crippen LogP contribution in [0.4, 0.5) is 4.79 Å². The first-order valence-corrected chi connectivity index (χ1v) is 22.8. The number of amides is 3. The van der Waals surface area contributed by atoms with Gasteiger partial charge in [0.05, 0.1) is 47.2 Å². The van der Waals surface area contributed by atoms with E-state index in [1.165, 1.54) is 0 Å². The van der Waals surface area contributed by atoms with E-state index in [9.17, 15) is 33.4 Å². The molecule has 0 saturated heterocycles. The van der Waals surface area contributed by atoms with Crippen LogP contribution < -0.4 is 10.6 Å². The van der Waals surface area contributed by atoms with Gasteiger partial charge < -0.3 is 43.5 Å². The average molecular weight is 852 g/mol. The summed E-state index contributed by atoms with van der Waals surface area (Å²) in [5, 5.41) is 14.7. The molecule has 0 fully saturated rings. The van der Waals surface area contributed by atoms with Gasteiger partial charge in [0.25, 0.3) is 0 Å². The molecule has 0 unspecified atom stereocenters. The van der Waals surface area contributed by atoms with E-state index < -0.39 is 92.8 Å². The van der Waals surface area contributed by atoms with Crippen molar-refractivity contribution in [3.63, 3.8) is 0 Å². The molecule has 0 aliphatic heterocycles. The third kappa shape index (κ3) is 16.2. The van der Waals surface area contributed by atoms with Crippen LogP contribution in [0.1, 0.15) is 100 Å². The Morgan fingerprint density at radius 2 is 1.10 bits per heavy atom. The molecule has 17 heteroatoms. The van der Waals surface area contributed by atoms with Gasteiger partial charge in [-0.05, 0) is 105 Å². The number of fused-ring (bicyclic) bond motifs is 3. The summed E-state index contributed by atoms with van der Waals surface area (Å²) in [6.07, 6.45) is -1.84. The maximum atomic E-state index is 14.4. The van der Waals surface area contributed by atoms with Gasteiger partial charge in [0.1, 0.15) is 13.2 Å². The summed E-state index contributed by atoms with van der Waals surface area (Å²) in [6, 6.07) is 15.8. The number of alkyl carbamates (subject to hydrolysis) is 1. The summed E-state index contributed by atoms with van der Waals surface area (Å²) in [6.45, 7) is 18.4. The maximum absolute atomic E-state index is 14.4. The van der Waals surface area contributed by atoms with E-state index in [0.717, 1.165) is 27.2 Å². The van der Waals surface area contributed by atoms with Gasteiger partial charge in [-0.2, -0.15) is 0 Å². The van der Waals surface area contributed by atoms with Crippen molar-refractivity contribution in [2.24, 2.45) is 5.92 Å². The van der Waals surface area contributed by atoms with Gasteiger partial charge in [-0.3, -0.25) is 23.5 Å². The molecule has 3 amide bonds. The number of hydrogen-bond donors (Lipinski definition) is 3. The molecule has 2 aromatic carbocycles. The minimum absolute atomic E-state index is 0.0634. The minimum Gasteiger partial charge on any atom is -0.480 e. The van der Waals surface area contributed by atoms with Gasteiger partial charge in [-0.15, -0.1) is 0 Å². The molecular weight excluding hydrogens is 788 g/mol. The molecule has 0 saturated carbocycles. The molecule has 0 bridgehead atoms. The zero-order valence-electron chi connectivity index (χ0n) is 36.0. The lowest BCUT2D eigenvalue weighted by Gasteiger charge is -2.36. The van der Waals surface area contributed by atoms with Crippen LogP contribution in [0.3, 0.4) is 0 Å². The van der Waals surface area contributed by atoms with Crippen molar-refractivity contribution in [2.75, 3.05) is 45.1 Å². The smallest absolute Gasteiger partial charge is 0.407 e. The Morgan fingerprint density at radius 1 is 0.690 bits per heavy atom. The lowest BCUT2D eigenvalue weighted by atomic mass is 9.98. The van der Waals surface area contributed by atoms with E-state index in [-0.39, 0.29) is 25.6 Å². The van der Waals surface area contributed by atoms with Crippen LogP contribution in [-0.2, 0) is 46.3 Å². The van der Waals surface area contributed by atoms with Crippen molar-refractivity contribution in [2.45, 2.75) is 111 Å². The normalized spacial score (nSPS) is 13.8. The molecule has 2 aromatic rings. The van der Waals surface area contributed by atoms with Gasteiger partial charge in [0.15, 0.2) is 0 Å². The molecule has 324 valence electrons. The summed E-state index contributed by atoms with van der Waals surface area (Å²) >= 11 is 0. The third-order valence-corrected chi connectivity index (χ3v) is 13.1. The number of carbonyl (C=O) groups excluding carboxylic acids is 3. The molecule has 1 aliphatic carbocycles. The molecule has 3 rings (SSSR count). The first-order valence-electron chi connectivity index (χ1n) is 19.3. The first-order chi connectivity index (χ1) is 26.5. The highest BCUT2D eigenvalue weighted by atomic mass is 31.2. The van der Waals surface area contributed by atoms with Gasteiger partial charge in [0.2, 0.25) is 11.8 Å². The van der Waals surface area contributed by atoms with Crippen molar-refractivity contribution in [1.82, 2.24) is 15.5 Å². The van der Waals surface area contributed by atoms with Crippen molar-refractivity contribution in [3.8, 4) is 11.1 Å². The van der Waals surface area contributed by atoms with Crippen molar-refractivity contribution in [3.05, 3.63) is 59.7 Å². The van der Waals surface area contributed by atoms with E-state index >= 15 is 0 Å². The molecular formula is C41H63N3O12P2. The van der Waals surface area contributed by atoms with E-state index in [0.29, 0.717) is 0 Å². The summed E-state index contributed by atoms with van der Waals surface area (Å²) in [5.41, 5.74) is 0.321. The van der Waals surface area contributed by atoms with Crippen LogP contribution >= 0.6 is 15.2 Å². The Hall–Kier alpha value is -3.58. The minimum atomic E-state index is -4.13. The zero-order chi connectivity index (χ0) is 43.9. The van der Waals surface area contributed by atoms with Gasteiger partial charge in [0, 0.05) is 19.0 Å². The standard InChI is InChI=1S/C41H63N3O12P2/c1-38(2,3)53-57(50,54-39(4,5)6)26-28(27-58(51,55-40(7,8)9)56-41(10,11)12)36(48)43-23-34(45)44(24-35(46)47)22-21-42-37(49)52-25-33-31-19-15-13-17-29(31)30-18-14-16-20-32(30)33/h13-20,28,33H,21-27H2,1-12H3,(H,42,49)(H,43,48)(H,46,47). The highest BCUT2D eigenvalue weighted by Gasteiger charge is 2.45. The topological polar surface area (TPSA) is 196 Å². The average Bonchev–Trinajstić information content (AvgIpc) is 3.34. The Bertz CT molecular complexity index is 1740. The Balaban J connectivity index is 1.75. The molecule has 3 N–H and O–H groups in total. The molecule has 0 atom stereocenters. The second-order valence-corrected chi connectivity index (χ2v) is 22.2. The Kier molecular flexibility index (Phi) is 16.2.